The molecule has 0 aliphatic carbocycles. The maximum atomic E-state index is 11.3. The predicted molar refractivity (Wildman–Crippen MR) is 60.0 cm³/mol. The Bertz CT molecular complexity index is 209. The van der Waals surface area contributed by atoms with Crippen molar-refractivity contribution in [1.29, 1.82) is 0 Å². The highest BCUT2D eigenvalue weighted by molar-refractivity contribution is 5.81. The molecule has 4 nitrogen and oxygen atoms in total. The van der Waals surface area contributed by atoms with Crippen LogP contribution in [0.4, 0.5) is 0 Å². The van der Waals surface area contributed by atoms with Crippen molar-refractivity contribution >= 4 is 5.78 Å². The topological polar surface area (TPSA) is 32.8 Å². The SMILES string of the molecule is COCC(=O)CN(C)CC1CCCN1C. The van der Waals surface area contributed by atoms with Gasteiger partial charge in [0.05, 0.1) is 6.54 Å². The van der Waals surface area contributed by atoms with Gasteiger partial charge in [0.25, 0.3) is 0 Å². The van der Waals surface area contributed by atoms with Gasteiger partial charge in [-0.15, -0.1) is 0 Å². The molecule has 0 aromatic heterocycles. The molecule has 1 rings (SSSR count). The van der Waals surface area contributed by atoms with E-state index in [1.165, 1.54) is 19.4 Å². The summed E-state index contributed by atoms with van der Waals surface area (Å²) in [4.78, 5) is 15.8. The van der Waals surface area contributed by atoms with Crippen molar-refractivity contribution in [2.24, 2.45) is 0 Å². The quantitative estimate of drug-likeness (QED) is 0.633. The van der Waals surface area contributed by atoms with Crippen LogP contribution in [0.25, 0.3) is 0 Å². The number of Topliss-reactive ketones (excluding diaryl/α,β-unsaturated/α-hetero) is 1. The Hall–Kier alpha value is -0.450. The van der Waals surface area contributed by atoms with Crippen LogP contribution in [0.1, 0.15) is 12.8 Å². The Balaban J connectivity index is 2.22. The van der Waals surface area contributed by atoms with Crippen LogP contribution in [0.5, 0.6) is 0 Å². The average Bonchev–Trinajstić information content (AvgIpc) is 2.52. The van der Waals surface area contributed by atoms with Crippen LogP contribution >= 0.6 is 0 Å². The van der Waals surface area contributed by atoms with E-state index in [1.54, 1.807) is 7.11 Å². The third-order valence-electron chi connectivity index (χ3n) is 2.95. The summed E-state index contributed by atoms with van der Waals surface area (Å²) in [6.07, 6.45) is 2.53. The molecule has 0 N–H and O–H groups in total. The van der Waals surface area contributed by atoms with Crippen LogP contribution in [0.2, 0.25) is 0 Å². The van der Waals surface area contributed by atoms with Crippen molar-refractivity contribution in [2.45, 2.75) is 18.9 Å². The maximum Gasteiger partial charge on any atom is 0.172 e. The molecule has 0 aromatic carbocycles. The standard InChI is InChI=1S/C11H22N2O2/c1-12(8-11(14)9-15-3)7-10-5-4-6-13(10)2/h10H,4-9H2,1-3H3. The highest BCUT2D eigenvalue weighted by atomic mass is 16.5. The van der Waals surface area contributed by atoms with Crippen molar-refractivity contribution in [3.8, 4) is 0 Å². The van der Waals surface area contributed by atoms with E-state index in [0.717, 1.165) is 6.54 Å². The molecule has 0 amide bonds. The highest BCUT2D eigenvalue weighted by Crippen LogP contribution is 2.15. The summed E-state index contributed by atoms with van der Waals surface area (Å²) in [6.45, 7) is 2.89. The number of methoxy groups -OCH3 is 1. The van der Waals surface area contributed by atoms with Gasteiger partial charge in [-0.3, -0.25) is 9.69 Å². The van der Waals surface area contributed by atoms with E-state index in [1.807, 2.05) is 7.05 Å². The summed E-state index contributed by atoms with van der Waals surface area (Å²) in [7, 11) is 5.71. The fourth-order valence-electron chi connectivity index (χ4n) is 2.14. The van der Waals surface area contributed by atoms with Gasteiger partial charge in [0, 0.05) is 19.7 Å². The van der Waals surface area contributed by atoms with Crippen LogP contribution in [0.3, 0.4) is 0 Å². The van der Waals surface area contributed by atoms with E-state index in [4.69, 9.17) is 4.74 Å². The van der Waals surface area contributed by atoms with Gasteiger partial charge < -0.3 is 9.64 Å². The van der Waals surface area contributed by atoms with Gasteiger partial charge in [-0.05, 0) is 33.5 Å². The summed E-state index contributed by atoms with van der Waals surface area (Å²) in [5.74, 6) is 0.153. The number of ketones is 1. The van der Waals surface area contributed by atoms with Crippen molar-refractivity contribution in [3.63, 3.8) is 0 Å². The van der Waals surface area contributed by atoms with Gasteiger partial charge in [0.1, 0.15) is 6.61 Å². The van der Waals surface area contributed by atoms with Crippen LogP contribution in [0, 0.1) is 0 Å². The lowest BCUT2D eigenvalue weighted by molar-refractivity contribution is -0.123. The van der Waals surface area contributed by atoms with E-state index in [9.17, 15) is 4.79 Å². The van der Waals surface area contributed by atoms with Crippen LogP contribution in [0.15, 0.2) is 0 Å². The molecule has 1 saturated heterocycles. The fourth-order valence-corrected chi connectivity index (χ4v) is 2.14. The van der Waals surface area contributed by atoms with Gasteiger partial charge >= 0.3 is 0 Å². The minimum atomic E-state index is 0.153. The minimum Gasteiger partial charge on any atom is -0.377 e. The van der Waals surface area contributed by atoms with Gasteiger partial charge in [0.2, 0.25) is 0 Å². The number of rotatable bonds is 6. The zero-order valence-electron chi connectivity index (χ0n) is 10.0. The Morgan fingerprint density at radius 2 is 2.33 bits per heavy atom. The number of hydrogen-bond donors (Lipinski definition) is 0. The molecule has 1 fully saturated rings. The molecule has 0 saturated carbocycles. The fraction of sp³-hybridized carbons (Fsp3) is 0.909. The van der Waals surface area contributed by atoms with Gasteiger partial charge in [0.15, 0.2) is 5.78 Å². The maximum absolute atomic E-state index is 11.3. The highest BCUT2D eigenvalue weighted by Gasteiger charge is 2.22. The Kier molecular flexibility index (Phi) is 5.22. The number of carbonyl (C=O) groups excluding carboxylic acids is 1. The number of carbonyl (C=O) groups is 1. The summed E-state index contributed by atoms with van der Waals surface area (Å²) >= 11 is 0. The first-order chi connectivity index (χ1) is 7.13. The molecule has 1 unspecified atom stereocenters. The summed E-state index contributed by atoms with van der Waals surface area (Å²) in [6, 6.07) is 0.616. The van der Waals surface area contributed by atoms with Crippen LogP contribution in [-0.2, 0) is 9.53 Å². The molecule has 0 aromatic rings. The first kappa shape index (κ1) is 12.6. The lowest BCUT2D eigenvalue weighted by Crippen LogP contribution is -2.39. The normalized spacial score (nSPS) is 22.5. The van der Waals surface area contributed by atoms with E-state index < -0.39 is 0 Å². The minimum absolute atomic E-state index is 0.153. The monoisotopic (exact) mass is 214 g/mol. The number of hydrogen-bond acceptors (Lipinski definition) is 4. The Morgan fingerprint density at radius 3 is 2.87 bits per heavy atom. The van der Waals surface area contributed by atoms with Gasteiger partial charge in [-0.2, -0.15) is 0 Å². The molecule has 1 aliphatic heterocycles. The van der Waals surface area contributed by atoms with E-state index in [-0.39, 0.29) is 12.4 Å². The number of ether oxygens (including phenoxy) is 1. The average molecular weight is 214 g/mol. The number of nitrogens with zero attached hydrogens (tertiary/aromatic N) is 2. The second kappa shape index (κ2) is 6.20. The summed E-state index contributed by atoms with van der Waals surface area (Å²) in [5, 5.41) is 0. The first-order valence-electron chi connectivity index (χ1n) is 5.53. The van der Waals surface area contributed by atoms with Crippen LogP contribution in [-0.4, -0.2) is 69.1 Å². The number of likely N-dealkylation sites (N-methyl/N-ethyl adjacent to an activating group) is 2. The predicted octanol–water partition coefficient (Wildman–Crippen LogP) is 0.228. The molecular formula is C11H22N2O2. The molecule has 0 spiro atoms. The molecule has 1 atom stereocenters. The lowest BCUT2D eigenvalue weighted by Gasteiger charge is -2.25. The zero-order chi connectivity index (χ0) is 11.3. The lowest BCUT2D eigenvalue weighted by atomic mass is 10.2. The Labute approximate surface area is 92.2 Å². The first-order valence-corrected chi connectivity index (χ1v) is 5.53. The third-order valence-corrected chi connectivity index (χ3v) is 2.95. The molecule has 88 valence electrons. The van der Waals surface area contributed by atoms with E-state index >= 15 is 0 Å². The molecule has 0 radical (unpaired) electrons. The smallest absolute Gasteiger partial charge is 0.172 e. The molecule has 1 aliphatic rings. The molecule has 4 heteroatoms. The van der Waals surface area contributed by atoms with Crippen molar-refractivity contribution in [1.82, 2.24) is 9.80 Å². The van der Waals surface area contributed by atoms with Gasteiger partial charge in [-0.25, -0.2) is 0 Å². The Morgan fingerprint density at radius 1 is 1.60 bits per heavy atom. The van der Waals surface area contributed by atoms with Crippen molar-refractivity contribution < 1.29 is 9.53 Å². The van der Waals surface area contributed by atoms with Gasteiger partial charge in [-0.1, -0.05) is 0 Å². The summed E-state index contributed by atoms with van der Waals surface area (Å²) in [5.41, 5.74) is 0. The van der Waals surface area contributed by atoms with E-state index in [0.29, 0.717) is 12.6 Å². The molecule has 1 heterocycles. The zero-order valence-corrected chi connectivity index (χ0v) is 10.0. The second-order valence-corrected chi connectivity index (χ2v) is 4.45. The largest absolute Gasteiger partial charge is 0.377 e. The molecular weight excluding hydrogens is 192 g/mol. The third kappa shape index (κ3) is 4.28. The second-order valence-electron chi connectivity index (χ2n) is 4.45. The molecule has 0 bridgehead atoms. The van der Waals surface area contributed by atoms with Crippen molar-refractivity contribution in [3.05, 3.63) is 0 Å². The summed E-state index contributed by atoms with van der Waals surface area (Å²) < 4.78 is 4.81. The van der Waals surface area contributed by atoms with E-state index in [2.05, 4.69) is 16.8 Å². The molecule has 15 heavy (non-hydrogen) atoms. The van der Waals surface area contributed by atoms with Crippen molar-refractivity contribution in [2.75, 3.05) is 47.4 Å². The number of likely N-dealkylation sites (tertiary alicyclic amines) is 1. The van der Waals surface area contributed by atoms with Crippen LogP contribution < -0.4 is 0 Å².